The molecule has 0 spiro atoms. The number of likely N-dealkylation sites (tertiary alicyclic amines) is 1. The number of benzene rings is 2. The maximum atomic E-state index is 13.4. The number of carbonyl (C=O) groups excluding carboxylic acids is 1. The molecule has 0 atom stereocenters. The Morgan fingerprint density at radius 2 is 1.62 bits per heavy atom. The Bertz CT molecular complexity index is 1310. The van der Waals surface area contributed by atoms with Crippen LogP contribution in [0.3, 0.4) is 0 Å². The first-order chi connectivity index (χ1) is 19.3. The first-order valence-electron chi connectivity index (χ1n) is 14.3. The van der Waals surface area contributed by atoms with E-state index >= 15 is 0 Å². The van der Waals surface area contributed by atoms with Crippen LogP contribution in [0.4, 0.5) is 0 Å². The predicted octanol–water partition coefficient (Wildman–Crippen LogP) is 3.04. The second-order valence-electron chi connectivity index (χ2n) is 11.3. The molecule has 1 amide bonds. The molecule has 0 aliphatic carbocycles. The summed E-state index contributed by atoms with van der Waals surface area (Å²) in [6.45, 7) is 12.3. The topological polar surface area (TPSA) is 110 Å². The molecule has 3 heterocycles. The highest BCUT2D eigenvalue weighted by Gasteiger charge is 2.25. The number of amides is 1. The predicted molar refractivity (Wildman–Crippen MR) is 155 cm³/mol. The van der Waals surface area contributed by atoms with Crippen LogP contribution in [0.15, 0.2) is 36.4 Å². The summed E-state index contributed by atoms with van der Waals surface area (Å²) in [4.78, 5) is 20.5. The van der Waals surface area contributed by atoms with E-state index in [9.17, 15) is 15.0 Å². The summed E-state index contributed by atoms with van der Waals surface area (Å²) in [5.41, 5.74) is 3.02. The molecule has 10 nitrogen and oxygen atoms in total. The zero-order chi connectivity index (χ0) is 28.2. The van der Waals surface area contributed by atoms with E-state index in [-0.39, 0.29) is 29.1 Å². The van der Waals surface area contributed by atoms with Crippen LogP contribution >= 0.6 is 0 Å². The Hall–Kier alpha value is -3.47. The van der Waals surface area contributed by atoms with Crippen LogP contribution in [0.25, 0.3) is 17.1 Å². The number of phenols is 2. The zero-order valence-electron chi connectivity index (χ0n) is 23.8. The Morgan fingerprint density at radius 3 is 2.30 bits per heavy atom. The maximum absolute atomic E-state index is 13.4. The van der Waals surface area contributed by atoms with Gasteiger partial charge < -0.3 is 20.4 Å². The van der Waals surface area contributed by atoms with Gasteiger partial charge >= 0.3 is 0 Å². The van der Waals surface area contributed by atoms with Gasteiger partial charge in [-0.3, -0.25) is 19.2 Å². The van der Waals surface area contributed by atoms with E-state index in [4.69, 9.17) is 0 Å². The van der Waals surface area contributed by atoms with Gasteiger partial charge in [0.05, 0.1) is 5.56 Å². The van der Waals surface area contributed by atoms with Crippen molar-refractivity contribution in [2.45, 2.75) is 39.2 Å². The Morgan fingerprint density at radius 1 is 0.925 bits per heavy atom. The number of piperazine rings is 1. The van der Waals surface area contributed by atoms with Crippen molar-refractivity contribution >= 4 is 5.91 Å². The first kappa shape index (κ1) is 28.1. The lowest BCUT2D eigenvalue weighted by Crippen LogP contribution is -2.47. The minimum absolute atomic E-state index is 0.0236. The van der Waals surface area contributed by atoms with Crippen molar-refractivity contribution in [1.82, 2.24) is 34.8 Å². The number of nitrogens with one attached hydrogen (secondary N) is 1. The average Bonchev–Trinajstić information content (AvgIpc) is 3.60. The molecule has 2 saturated heterocycles. The van der Waals surface area contributed by atoms with Crippen molar-refractivity contribution in [1.29, 1.82) is 0 Å². The van der Waals surface area contributed by atoms with Gasteiger partial charge in [-0.2, -0.15) is 0 Å². The van der Waals surface area contributed by atoms with E-state index in [1.54, 1.807) is 10.6 Å². The van der Waals surface area contributed by atoms with Gasteiger partial charge in [-0.25, -0.2) is 0 Å². The number of rotatable bonds is 9. The van der Waals surface area contributed by atoms with E-state index in [0.29, 0.717) is 23.5 Å². The van der Waals surface area contributed by atoms with Crippen molar-refractivity contribution in [2.75, 3.05) is 59.4 Å². The van der Waals surface area contributed by atoms with E-state index in [2.05, 4.69) is 49.4 Å². The summed E-state index contributed by atoms with van der Waals surface area (Å²) in [6, 6.07) is 11.1. The fourth-order valence-electron chi connectivity index (χ4n) is 5.51. The van der Waals surface area contributed by atoms with Crippen LogP contribution in [0.1, 0.15) is 54.4 Å². The average molecular weight is 548 g/mol. The van der Waals surface area contributed by atoms with Crippen LogP contribution < -0.4 is 5.32 Å². The van der Waals surface area contributed by atoms with Crippen molar-refractivity contribution in [3.05, 3.63) is 53.3 Å². The van der Waals surface area contributed by atoms with E-state index in [0.717, 1.165) is 58.0 Å². The quantitative estimate of drug-likeness (QED) is 0.375. The molecule has 0 bridgehead atoms. The number of aromatic hydroxyl groups is 2. The molecule has 40 heavy (non-hydrogen) atoms. The molecule has 3 N–H and O–H groups in total. The third-order valence-corrected chi connectivity index (χ3v) is 7.98. The SMILES string of the molecule is CC(C)c1cc(-c2nnc(C(=O)NCCN3CCN(C)CC3)n2-c2ccc(CN3CCCC3)cc2)c(O)cc1O. The number of hydrogen-bond donors (Lipinski definition) is 3. The van der Waals surface area contributed by atoms with Gasteiger partial charge in [-0.05, 0) is 68.2 Å². The summed E-state index contributed by atoms with van der Waals surface area (Å²) in [5, 5.41) is 32.9. The Labute approximate surface area is 236 Å². The van der Waals surface area contributed by atoms with Gasteiger partial charge in [0.1, 0.15) is 11.5 Å². The number of carbonyl (C=O) groups is 1. The van der Waals surface area contributed by atoms with Gasteiger partial charge in [0.15, 0.2) is 5.82 Å². The third kappa shape index (κ3) is 6.29. The van der Waals surface area contributed by atoms with Crippen LogP contribution in [0.2, 0.25) is 0 Å². The largest absolute Gasteiger partial charge is 0.508 e. The van der Waals surface area contributed by atoms with Gasteiger partial charge in [-0.15, -0.1) is 10.2 Å². The number of phenolic OH excluding ortho intramolecular Hbond substituents is 2. The fraction of sp³-hybridized carbons (Fsp3) is 0.500. The molecular formula is C30H41N7O3. The van der Waals surface area contributed by atoms with Crippen molar-refractivity contribution in [3.63, 3.8) is 0 Å². The molecular weight excluding hydrogens is 506 g/mol. The Balaban J connectivity index is 1.44. The zero-order valence-corrected chi connectivity index (χ0v) is 23.8. The normalized spacial score (nSPS) is 17.1. The highest BCUT2D eigenvalue weighted by Crippen LogP contribution is 2.38. The van der Waals surface area contributed by atoms with Gasteiger partial charge in [-0.1, -0.05) is 26.0 Å². The van der Waals surface area contributed by atoms with Crippen LogP contribution in [0, 0.1) is 0 Å². The first-order valence-corrected chi connectivity index (χ1v) is 14.3. The molecule has 5 rings (SSSR count). The second kappa shape index (κ2) is 12.4. The summed E-state index contributed by atoms with van der Waals surface area (Å²) >= 11 is 0. The van der Waals surface area contributed by atoms with Crippen LogP contribution in [-0.2, 0) is 6.54 Å². The standard InChI is InChI=1S/C30H41N7O3/c1-21(2)24-18-25(27(39)19-26(24)38)28-32-33-29(30(40)31-10-13-35-16-14-34(3)15-17-35)37(28)23-8-6-22(7-9-23)20-36-11-4-5-12-36/h6-9,18-19,21,38-39H,4-5,10-17,20H2,1-3H3,(H,31,40). The van der Waals surface area contributed by atoms with Crippen LogP contribution in [0.5, 0.6) is 11.5 Å². The fourth-order valence-corrected chi connectivity index (χ4v) is 5.51. The van der Waals surface area contributed by atoms with Gasteiger partial charge in [0.2, 0.25) is 5.82 Å². The molecule has 0 saturated carbocycles. The summed E-state index contributed by atoms with van der Waals surface area (Å²) in [7, 11) is 2.12. The second-order valence-corrected chi connectivity index (χ2v) is 11.3. The van der Waals surface area contributed by atoms with Crippen LogP contribution in [-0.4, -0.2) is 105 Å². The molecule has 214 valence electrons. The third-order valence-electron chi connectivity index (χ3n) is 7.98. The molecule has 2 fully saturated rings. The van der Waals surface area contributed by atoms with Crippen molar-refractivity contribution < 1.29 is 15.0 Å². The smallest absolute Gasteiger partial charge is 0.289 e. The Kier molecular flexibility index (Phi) is 8.68. The maximum Gasteiger partial charge on any atom is 0.289 e. The minimum Gasteiger partial charge on any atom is -0.508 e. The number of likely N-dealkylation sites (N-methyl/N-ethyl adjacent to an activating group) is 1. The van der Waals surface area contributed by atoms with Crippen molar-refractivity contribution in [2.24, 2.45) is 0 Å². The summed E-state index contributed by atoms with van der Waals surface area (Å²) < 4.78 is 1.70. The summed E-state index contributed by atoms with van der Waals surface area (Å²) in [5.74, 6) is 0.100. The summed E-state index contributed by atoms with van der Waals surface area (Å²) in [6.07, 6.45) is 2.48. The molecule has 1 aromatic heterocycles. The molecule has 2 aromatic carbocycles. The number of nitrogens with zero attached hydrogens (tertiary/aromatic N) is 6. The highest BCUT2D eigenvalue weighted by molar-refractivity contribution is 5.92. The monoisotopic (exact) mass is 547 g/mol. The lowest BCUT2D eigenvalue weighted by Gasteiger charge is -2.32. The van der Waals surface area contributed by atoms with Crippen molar-refractivity contribution in [3.8, 4) is 28.6 Å². The van der Waals surface area contributed by atoms with E-state index < -0.39 is 0 Å². The molecule has 3 aromatic rings. The van der Waals surface area contributed by atoms with E-state index in [1.165, 1.54) is 24.5 Å². The lowest BCUT2D eigenvalue weighted by atomic mass is 9.98. The molecule has 0 radical (unpaired) electrons. The molecule has 10 heteroatoms. The number of aromatic nitrogens is 3. The van der Waals surface area contributed by atoms with E-state index in [1.807, 2.05) is 26.0 Å². The molecule has 0 unspecified atom stereocenters. The lowest BCUT2D eigenvalue weighted by molar-refractivity contribution is 0.0928. The molecule has 2 aliphatic heterocycles. The highest BCUT2D eigenvalue weighted by atomic mass is 16.3. The minimum atomic E-state index is -0.323. The number of hydrogen-bond acceptors (Lipinski definition) is 8. The van der Waals surface area contributed by atoms with Gasteiger partial charge in [0, 0.05) is 57.6 Å². The van der Waals surface area contributed by atoms with Gasteiger partial charge in [0.25, 0.3) is 5.91 Å². The molecule has 2 aliphatic rings.